The van der Waals surface area contributed by atoms with Crippen molar-refractivity contribution in [3.05, 3.63) is 23.0 Å². The van der Waals surface area contributed by atoms with E-state index >= 15 is 0 Å². The zero-order valence-electron chi connectivity index (χ0n) is 14.2. The Kier molecular flexibility index (Phi) is 5.13. The molecule has 0 N–H and O–H groups in total. The van der Waals surface area contributed by atoms with E-state index in [0.717, 1.165) is 5.52 Å². The maximum atomic E-state index is 12.2. The number of fused-ring (bicyclic) bond motifs is 1. The summed E-state index contributed by atoms with van der Waals surface area (Å²) in [6.07, 6.45) is 6.26. The summed E-state index contributed by atoms with van der Waals surface area (Å²) in [4.78, 5) is 3.01. The van der Waals surface area contributed by atoms with Gasteiger partial charge in [-0.1, -0.05) is 26.2 Å². The molecule has 1 saturated carbocycles. The second-order valence-corrected chi connectivity index (χ2v) is 9.15. The Hall–Kier alpha value is -1.18. The molecule has 3 rings (SSSR count). The number of nitrogens with zero attached hydrogens (tertiary/aromatic N) is 2. The Morgan fingerprint density at radius 1 is 1.29 bits per heavy atom. The Bertz CT molecular complexity index is 877. The molecule has 132 valence electrons. The van der Waals surface area contributed by atoms with E-state index in [0.29, 0.717) is 28.0 Å². The van der Waals surface area contributed by atoms with Gasteiger partial charge < -0.3 is 4.42 Å². The molecule has 5 nitrogen and oxygen atoms in total. The van der Waals surface area contributed by atoms with E-state index < -0.39 is 9.84 Å². The van der Waals surface area contributed by atoms with E-state index in [1.807, 2.05) is 4.57 Å². The minimum Gasteiger partial charge on any atom is -0.429 e. The summed E-state index contributed by atoms with van der Waals surface area (Å²) >= 11 is 5.36. The van der Waals surface area contributed by atoms with Crippen molar-refractivity contribution in [2.24, 2.45) is 0 Å². The molecule has 2 aromatic rings. The van der Waals surface area contributed by atoms with E-state index in [4.69, 9.17) is 16.6 Å². The molecule has 1 aliphatic rings. The van der Waals surface area contributed by atoms with Crippen molar-refractivity contribution in [3.63, 3.8) is 0 Å². The number of sulfone groups is 1. The molecule has 0 bridgehead atoms. The van der Waals surface area contributed by atoms with Gasteiger partial charge >= 0.3 is 0 Å². The Labute approximate surface area is 148 Å². The van der Waals surface area contributed by atoms with Crippen LogP contribution in [-0.4, -0.2) is 36.7 Å². The lowest BCUT2D eigenvalue weighted by Gasteiger charge is -2.31. The van der Waals surface area contributed by atoms with Gasteiger partial charge in [-0.2, -0.15) is 0 Å². The molecule has 1 aliphatic carbocycles. The first kappa shape index (κ1) is 17.6. The number of hydrogen-bond acceptors (Lipinski definition) is 5. The first-order chi connectivity index (χ1) is 11.4. The Morgan fingerprint density at radius 3 is 2.67 bits per heavy atom. The van der Waals surface area contributed by atoms with Crippen molar-refractivity contribution < 1.29 is 12.8 Å². The van der Waals surface area contributed by atoms with Crippen LogP contribution in [0.15, 0.2) is 27.5 Å². The minimum atomic E-state index is -3.25. The summed E-state index contributed by atoms with van der Waals surface area (Å²) in [6.45, 7) is 2.27. The Morgan fingerprint density at radius 2 is 2.00 bits per heavy atom. The van der Waals surface area contributed by atoms with Gasteiger partial charge in [-0.15, -0.1) is 0 Å². The lowest BCUT2D eigenvalue weighted by molar-refractivity contribution is 0.153. The molecule has 24 heavy (non-hydrogen) atoms. The average Bonchev–Trinajstić information content (AvgIpc) is 2.90. The maximum absolute atomic E-state index is 12.2. The topological polar surface area (TPSA) is 55.5 Å². The summed E-state index contributed by atoms with van der Waals surface area (Å²) in [5, 5.41) is 0. The highest BCUT2D eigenvalue weighted by Crippen LogP contribution is 2.25. The van der Waals surface area contributed by atoms with Gasteiger partial charge in [-0.3, -0.25) is 9.47 Å². The normalized spacial score (nSPS) is 17.0. The highest BCUT2D eigenvalue weighted by molar-refractivity contribution is 7.91. The van der Waals surface area contributed by atoms with Crippen molar-refractivity contribution in [2.75, 3.05) is 12.8 Å². The highest BCUT2D eigenvalue weighted by Gasteiger charge is 2.20. The molecule has 1 aromatic carbocycles. The molecule has 0 unspecified atom stereocenters. The van der Waals surface area contributed by atoms with Gasteiger partial charge in [0.25, 0.3) is 4.84 Å². The average molecular weight is 369 g/mol. The zero-order chi connectivity index (χ0) is 17.3. The predicted molar refractivity (Wildman–Crippen MR) is 97.4 cm³/mol. The van der Waals surface area contributed by atoms with Crippen LogP contribution in [0.4, 0.5) is 0 Å². The third-order valence-corrected chi connectivity index (χ3v) is 6.98. The number of aromatic nitrogens is 1. The molecule has 0 aliphatic heterocycles. The number of hydrogen-bond donors (Lipinski definition) is 0. The summed E-state index contributed by atoms with van der Waals surface area (Å²) in [5.74, 6) is 0.0824. The fourth-order valence-corrected chi connectivity index (χ4v) is 4.54. The molecule has 0 spiro atoms. The van der Waals surface area contributed by atoms with Crippen LogP contribution in [0.5, 0.6) is 0 Å². The lowest BCUT2D eigenvalue weighted by atomic mass is 9.95. The van der Waals surface area contributed by atoms with Crippen LogP contribution in [0.25, 0.3) is 11.1 Å². The lowest BCUT2D eigenvalue weighted by Crippen LogP contribution is -2.34. The molecular formula is C17H24N2O3S2. The molecule has 1 heterocycles. The summed E-state index contributed by atoms with van der Waals surface area (Å²) in [5.41, 5.74) is 1.38. The van der Waals surface area contributed by atoms with Crippen LogP contribution in [0.3, 0.4) is 0 Å². The number of benzene rings is 1. The molecule has 0 radical (unpaired) electrons. The second kappa shape index (κ2) is 6.98. The van der Waals surface area contributed by atoms with Crippen LogP contribution >= 0.6 is 12.2 Å². The molecule has 7 heteroatoms. The highest BCUT2D eigenvalue weighted by atomic mass is 32.2. The SMILES string of the molecule is CCS(=O)(=O)c1ccc2oc(=S)n(CN(C)C3CCCCC3)c2c1. The quantitative estimate of drug-likeness (QED) is 0.747. The largest absolute Gasteiger partial charge is 0.429 e. The predicted octanol–water partition coefficient (Wildman–Crippen LogP) is 3.98. The fraction of sp³-hybridized carbons (Fsp3) is 0.588. The zero-order valence-corrected chi connectivity index (χ0v) is 15.8. The van der Waals surface area contributed by atoms with Gasteiger partial charge in [0.2, 0.25) is 0 Å². The van der Waals surface area contributed by atoms with Gasteiger partial charge in [-0.25, -0.2) is 8.42 Å². The van der Waals surface area contributed by atoms with Gasteiger partial charge in [0, 0.05) is 6.04 Å². The molecule has 0 saturated heterocycles. The monoisotopic (exact) mass is 368 g/mol. The molecule has 1 fully saturated rings. The molecule has 0 atom stereocenters. The van der Waals surface area contributed by atoms with Gasteiger partial charge in [-0.05, 0) is 50.3 Å². The van der Waals surface area contributed by atoms with Crippen LogP contribution in [-0.2, 0) is 16.5 Å². The molecular weight excluding hydrogens is 344 g/mol. The number of rotatable bonds is 5. The van der Waals surface area contributed by atoms with E-state index in [2.05, 4.69) is 11.9 Å². The van der Waals surface area contributed by atoms with Gasteiger partial charge in [0.05, 0.1) is 22.8 Å². The summed E-state index contributed by atoms with van der Waals surface area (Å²) in [7, 11) is -1.15. The first-order valence-corrected chi connectivity index (χ1v) is 10.5. The van der Waals surface area contributed by atoms with E-state index in [9.17, 15) is 8.42 Å². The maximum Gasteiger partial charge on any atom is 0.270 e. The number of oxazole rings is 1. The van der Waals surface area contributed by atoms with Crippen LogP contribution in [0.1, 0.15) is 39.0 Å². The van der Waals surface area contributed by atoms with Crippen molar-refractivity contribution in [2.45, 2.75) is 56.6 Å². The smallest absolute Gasteiger partial charge is 0.270 e. The standard InChI is InChI=1S/C17H24N2O3S2/c1-3-24(20,21)14-9-10-16-15(11-14)19(17(23)22-16)12-18(2)13-7-5-4-6-8-13/h9-11,13H,3-8,12H2,1-2H3. The summed E-state index contributed by atoms with van der Waals surface area (Å²) in [6, 6.07) is 5.52. The van der Waals surface area contributed by atoms with Crippen LogP contribution < -0.4 is 0 Å². The van der Waals surface area contributed by atoms with E-state index in [-0.39, 0.29) is 5.75 Å². The van der Waals surface area contributed by atoms with Gasteiger partial charge in [0.15, 0.2) is 15.4 Å². The van der Waals surface area contributed by atoms with Crippen molar-refractivity contribution >= 4 is 33.2 Å². The van der Waals surface area contributed by atoms with E-state index in [1.54, 1.807) is 25.1 Å². The third-order valence-electron chi connectivity index (χ3n) is 4.94. The first-order valence-electron chi connectivity index (χ1n) is 8.49. The van der Waals surface area contributed by atoms with E-state index in [1.165, 1.54) is 32.1 Å². The second-order valence-electron chi connectivity index (χ2n) is 6.52. The van der Waals surface area contributed by atoms with Crippen molar-refractivity contribution in [3.8, 4) is 0 Å². The third kappa shape index (κ3) is 3.43. The van der Waals surface area contributed by atoms with Gasteiger partial charge in [0.1, 0.15) is 0 Å². The van der Waals surface area contributed by atoms with Crippen LogP contribution in [0, 0.1) is 4.84 Å². The molecule has 1 aromatic heterocycles. The van der Waals surface area contributed by atoms with Crippen molar-refractivity contribution in [1.82, 2.24) is 9.47 Å². The van der Waals surface area contributed by atoms with Crippen LogP contribution in [0.2, 0.25) is 0 Å². The minimum absolute atomic E-state index is 0.0824. The summed E-state index contributed by atoms with van der Waals surface area (Å²) < 4.78 is 31.9. The fourth-order valence-electron chi connectivity index (χ4n) is 3.40. The molecule has 0 amide bonds. The Balaban J connectivity index is 1.96. The van der Waals surface area contributed by atoms with Crippen molar-refractivity contribution in [1.29, 1.82) is 0 Å².